The van der Waals surface area contributed by atoms with E-state index in [0.717, 1.165) is 19.3 Å². The van der Waals surface area contributed by atoms with E-state index in [-0.39, 0.29) is 5.97 Å². The number of carbonyl (C=O) groups is 1. The van der Waals surface area contributed by atoms with Crippen molar-refractivity contribution in [2.24, 2.45) is 0 Å². The van der Waals surface area contributed by atoms with Gasteiger partial charge in [-0.25, -0.2) is 0 Å². The van der Waals surface area contributed by atoms with Gasteiger partial charge in [0.2, 0.25) is 0 Å². The van der Waals surface area contributed by atoms with Gasteiger partial charge in [0.15, 0.2) is 0 Å². The fraction of sp³-hybridized carbons (Fsp3) is 0.417. The summed E-state index contributed by atoms with van der Waals surface area (Å²) < 4.78 is 5.09. The second-order valence-corrected chi connectivity index (χ2v) is 3.17. The molecule has 1 radical (unpaired) electrons. The van der Waals surface area contributed by atoms with E-state index < -0.39 is 0 Å². The summed E-state index contributed by atoms with van der Waals surface area (Å²) in [4.78, 5) is 11.3. The van der Waals surface area contributed by atoms with Gasteiger partial charge in [-0.2, -0.15) is 0 Å². The van der Waals surface area contributed by atoms with E-state index in [4.69, 9.17) is 4.74 Å². The fourth-order valence-corrected chi connectivity index (χ4v) is 1.14. The maximum atomic E-state index is 11.3. The topological polar surface area (TPSA) is 26.3 Å². The maximum Gasteiger partial charge on any atom is 0.311 e. The molecule has 0 atom stereocenters. The van der Waals surface area contributed by atoms with Gasteiger partial charge in [-0.05, 0) is 24.6 Å². The first-order valence-corrected chi connectivity index (χ1v) is 4.99. The zero-order chi connectivity index (χ0) is 10.2. The molecule has 0 fully saturated rings. The van der Waals surface area contributed by atoms with Crippen molar-refractivity contribution in [1.29, 1.82) is 0 Å². The lowest BCUT2D eigenvalue weighted by atomic mass is 10.2. The molecule has 2 nitrogen and oxygen atoms in total. The minimum absolute atomic E-state index is 0.155. The summed E-state index contributed by atoms with van der Waals surface area (Å²) in [6.45, 7) is 2.11. The van der Waals surface area contributed by atoms with E-state index in [1.165, 1.54) is 0 Å². The van der Waals surface area contributed by atoms with Gasteiger partial charge in [0.1, 0.15) is 5.75 Å². The average molecular weight is 191 g/mol. The Morgan fingerprint density at radius 2 is 2.36 bits per heavy atom. The molecule has 75 valence electrons. The molecule has 0 bridgehead atoms. The average Bonchev–Trinajstić information content (AvgIpc) is 2.20. The molecule has 0 aromatic heterocycles. The van der Waals surface area contributed by atoms with Crippen molar-refractivity contribution in [3.8, 4) is 5.75 Å². The molecule has 0 aliphatic rings. The third kappa shape index (κ3) is 4.08. The Labute approximate surface area is 84.9 Å². The molecule has 0 spiro atoms. The van der Waals surface area contributed by atoms with Crippen LogP contribution in [0.1, 0.15) is 32.6 Å². The number of carbonyl (C=O) groups excluding carboxylic acids is 1. The number of hydrogen-bond donors (Lipinski definition) is 0. The minimum atomic E-state index is -0.155. The van der Waals surface area contributed by atoms with Crippen LogP contribution in [0.15, 0.2) is 24.3 Å². The molecule has 1 rings (SSSR count). The molecule has 0 aliphatic heterocycles. The lowest BCUT2D eigenvalue weighted by Crippen LogP contribution is -2.07. The van der Waals surface area contributed by atoms with Crippen LogP contribution < -0.4 is 4.74 Å². The summed E-state index contributed by atoms with van der Waals surface area (Å²) in [7, 11) is 0. The normalized spacial score (nSPS) is 9.79. The van der Waals surface area contributed by atoms with Crippen LogP contribution in [0.25, 0.3) is 0 Å². The van der Waals surface area contributed by atoms with Crippen molar-refractivity contribution in [3.63, 3.8) is 0 Å². The third-order valence-electron chi connectivity index (χ3n) is 1.89. The molecule has 0 saturated carbocycles. The van der Waals surface area contributed by atoms with Gasteiger partial charge in [-0.1, -0.05) is 31.9 Å². The first kappa shape index (κ1) is 10.8. The summed E-state index contributed by atoms with van der Waals surface area (Å²) >= 11 is 0. The van der Waals surface area contributed by atoms with E-state index in [1.54, 1.807) is 24.3 Å². The maximum absolute atomic E-state index is 11.3. The van der Waals surface area contributed by atoms with Crippen molar-refractivity contribution in [1.82, 2.24) is 0 Å². The second kappa shape index (κ2) is 6.19. The monoisotopic (exact) mass is 191 g/mol. The summed E-state index contributed by atoms with van der Waals surface area (Å²) in [6, 6.07) is 9.85. The van der Waals surface area contributed by atoms with Crippen molar-refractivity contribution in [3.05, 3.63) is 30.3 Å². The van der Waals surface area contributed by atoms with Crippen LogP contribution in [0.4, 0.5) is 0 Å². The summed E-state index contributed by atoms with van der Waals surface area (Å²) in [5.74, 6) is 0.423. The minimum Gasteiger partial charge on any atom is -0.427 e. The molecule has 14 heavy (non-hydrogen) atoms. The SMILES string of the molecule is CCCCCC(=O)Oc1c[c]ccc1. The van der Waals surface area contributed by atoms with Crippen molar-refractivity contribution >= 4 is 5.97 Å². The van der Waals surface area contributed by atoms with Crippen LogP contribution in [0.3, 0.4) is 0 Å². The first-order chi connectivity index (χ1) is 6.83. The Balaban J connectivity index is 2.27. The Morgan fingerprint density at radius 1 is 1.50 bits per heavy atom. The molecule has 2 heteroatoms. The first-order valence-electron chi connectivity index (χ1n) is 4.99. The molecule has 1 aromatic rings. The van der Waals surface area contributed by atoms with Crippen molar-refractivity contribution < 1.29 is 9.53 Å². The molecule has 0 amide bonds. The van der Waals surface area contributed by atoms with Crippen LogP contribution in [-0.2, 0) is 4.79 Å². The van der Waals surface area contributed by atoms with Crippen molar-refractivity contribution in [2.75, 3.05) is 0 Å². The van der Waals surface area contributed by atoms with Crippen LogP contribution in [0.2, 0.25) is 0 Å². The Morgan fingerprint density at radius 3 is 3.00 bits per heavy atom. The predicted octanol–water partition coefficient (Wildman–Crippen LogP) is 2.97. The van der Waals surface area contributed by atoms with Gasteiger partial charge >= 0.3 is 5.97 Å². The molecule has 1 aromatic carbocycles. The van der Waals surface area contributed by atoms with E-state index in [2.05, 4.69) is 13.0 Å². The van der Waals surface area contributed by atoms with Gasteiger partial charge in [0, 0.05) is 6.42 Å². The number of rotatable bonds is 5. The van der Waals surface area contributed by atoms with Gasteiger partial charge in [-0.3, -0.25) is 4.79 Å². The highest BCUT2D eigenvalue weighted by Gasteiger charge is 2.02. The Kier molecular flexibility index (Phi) is 4.76. The van der Waals surface area contributed by atoms with Crippen LogP contribution >= 0.6 is 0 Å². The fourth-order valence-electron chi connectivity index (χ4n) is 1.14. The van der Waals surface area contributed by atoms with Crippen molar-refractivity contribution in [2.45, 2.75) is 32.6 Å². The second-order valence-electron chi connectivity index (χ2n) is 3.17. The lowest BCUT2D eigenvalue weighted by molar-refractivity contribution is -0.134. The number of ether oxygens (including phenoxy) is 1. The van der Waals surface area contributed by atoms with Gasteiger partial charge in [0.05, 0.1) is 0 Å². The molecule has 0 saturated heterocycles. The third-order valence-corrected chi connectivity index (χ3v) is 1.89. The summed E-state index contributed by atoms with van der Waals surface area (Å²) in [5, 5.41) is 0. The van der Waals surface area contributed by atoms with E-state index in [1.807, 2.05) is 0 Å². The highest BCUT2D eigenvalue weighted by atomic mass is 16.5. The molecule has 0 aliphatic carbocycles. The molecular formula is C12H15O2. The van der Waals surface area contributed by atoms with Gasteiger partial charge < -0.3 is 4.74 Å². The molecular weight excluding hydrogens is 176 g/mol. The summed E-state index contributed by atoms with van der Waals surface area (Å²) in [5.41, 5.74) is 0. The lowest BCUT2D eigenvalue weighted by Gasteiger charge is -2.02. The molecule has 0 N–H and O–H groups in total. The number of hydrogen-bond acceptors (Lipinski definition) is 2. The van der Waals surface area contributed by atoms with Gasteiger partial charge in [0.25, 0.3) is 0 Å². The Bertz CT molecular complexity index is 267. The predicted molar refractivity (Wildman–Crippen MR) is 55.1 cm³/mol. The van der Waals surface area contributed by atoms with E-state index in [0.29, 0.717) is 12.2 Å². The highest BCUT2D eigenvalue weighted by molar-refractivity contribution is 5.72. The van der Waals surface area contributed by atoms with Gasteiger partial charge in [-0.15, -0.1) is 0 Å². The van der Waals surface area contributed by atoms with E-state index in [9.17, 15) is 4.79 Å². The Hall–Kier alpha value is -1.31. The zero-order valence-electron chi connectivity index (χ0n) is 8.45. The quantitative estimate of drug-likeness (QED) is 0.406. The number of benzene rings is 1. The molecule has 0 heterocycles. The van der Waals surface area contributed by atoms with Crippen LogP contribution in [0.5, 0.6) is 5.75 Å². The molecule has 0 unspecified atom stereocenters. The summed E-state index contributed by atoms with van der Waals surface area (Å²) in [6.07, 6.45) is 3.61. The highest BCUT2D eigenvalue weighted by Crippen LogP contribution is 2.10. The van der Waals surface area contributed by atoms with Crippen LogP contribution in [-0.4, -0.2) is 5.97 Å². The number of unbranched alkanes of at least 4 members (excludes halogenated alkanes) is 2. The zero-order valence-corrected chi connectivity index (χ0v) is 8.45. The largest absolute Gasteiger partial charge is 0.427 e. The number of esters is 1. The van der Waals surface area contributed by atoms with E-state index >= 15 is 0 Å². The van der Waals surface area contributed by atoms with Crippen LogP contribution in [0, 0.1) is 6.07 Å². The smallest absolute Gasteiger partial charge is 0.311 e. The standard InChI is InChI=1S/C12H15O2/c1-2-3-5-10-12(13)14-11-8-6-4-7-9-11/h4,6,8-9H,2-3,5,10H2,1H3.